The van der Waals surface area contributed by atoms with Gasteiger partial charge in [-0.2, -0.15) is 0 Å². The molecule has 2 N–H and O–H groups in total. The molecule has 0 aliphatic rings. The average Bonchev–Trinajstić information content (AvgIpc) is 2.46. The van der Waals surface area contributed by atoms with E-state index in [1.165, 1.54) is 0 Å². The number of nitrogens with one attached hydrogen (secondary N) is 2. The van der Waals surface area contributed by atoms with Gasteiger partial charge in [-0.25, -0.2) is 13.8 Å². The maximum absolute atomic E-state index is 12.0. The van der Waals surface area contributed by atoms with Gasteiger partial charge < -0.3 is 15.4 Å². The summed E-state index contributed by atoms with van der Waals surface area (Å²) >= 11 is 0. The smallest absolute Gasteiger partial charge is 0.261 e. The molecule has 0 aliphatic carbocycles. The van der Waals surface area contributed by atoms with Crippen LogP contribution in [-0.4, -0.2) is 43.6 Å². The molecule has 1 aromatic heterocycles. The molecule has 7 heteroatoms. The lowest BCUT2D eigenvalue weighted by atomic mass is 10.2. The van der Waals surface area contributed by atoms with Crippen LogP contribution >= 0.6 is 0 Å². The SMILES string of the molecule is CCNc1cc(C(=O)NCCOCC(F)F)cc(CC)n1. The number of nitrogens with zero attached hydrogens (tertiary/aromatic N) is 1. The van der Waals surface area contributed by atoms with E-state index in [0.29, 0.717) is 17.9 Å². The molecule has 21 heavy (non-hydrogen) atoms. The van der Waals surface area contributed by atoms with Crippen LogP contribution in [0.3, 0.4) is 0 Å². The normalized spacial score (nSPS) is 10.7. The Kier molecular flexibility index (Phi) is 7.60. The average molecular weight is 301 g/mol. The third kappa shape index (κ3) is 6.48. The van der Waals surface area contributed by atoms with E-state index < -0.39 is 13.0 Å². The van der Waals surface area contributed by atoms with Gasteiger partial charge in [0.05, 0.1) is 6.61 Å². The molecule has 5 nitrogen and oxygen atoms in total. The van der Waals surface area contributed by atoms with Crippen molar-refractivity contribution in [1.29, 1.82) is 0 Å². The predicted octanol–water partition coefficient (Wildman–Crippen LogP) is 2.09. The minimum Gasteiger partial charge on any atom is -0.374 e. The molecule has 1 heterocycles. The van der Waals surface area contributed by atoms with Gasteiger partial charge in [0.25, 0.3) is 12.3 Å². The molecule has 0 spiro atoms. The molecule has 0 saturated heterocycles. The van der Waals surface area contributed by atoms with Gasteiger partial charge in [0.2, 0.25) is 0 Å². The van der Waals surface area contributed by atoms with Crippen molar-refractivity contribution in [3.05, 3.63) is 23.4 Å². The van der Waals surface area contributed by atoms with Crippen LogP contribution in [0.1, 0.15) is 29.9 Å². The molecule has 1 amide bonds. The lowest BCUT2D eigenvalue weighted by Crippen LogP contribution is -2.28. The fraction of sp³-hybridized carbons (Fsp3) is 0.571. The highest BCUT2D eigenvalue weighted by Gasteiger charge is 2.09. The van der Waals surface area contributed by atoms with Gasteiger partial charge >= 0.3 is 0 Å². The van der Waals surface area contributed by atoms with E-state index in [1.54, 1.807) is 12.1 Å². The largest absolute Gasteiger partial charge is 0.374 e. The molecule has 0 bridgehead atoms. The Bertz CT molecular complexity index is 456. The van der Waals surface area contributed by atoms with E-state index in [4.69, 9.17) is 4.74 Å². The summed E-state index contributed by atoms with van der Waals surface area (Å²) in [6, 6.07) is 3.38. The summed E-state index contributed by atoms with van der Waals surface area (Å²) in [5.41, 5.74) is 1.30. The summed E-state index contributed by atoms with van der Waals surface area (Å²) in [4.78, 5) is 16.3. The van der Waals surface area contributed by atoms with Gasteiger partial charge in [-0.1, -0.05) is 6.92 Å². The van der Waals surface area contributed by atoms with Crippen molar-refractivity contribution in [3.63, 3.8) is 0 Å². The van der Waals surface area contributed by atoms with Crippen LogP contribution in [0.2, 0.25) is 0 Å². The van der Waals surface area contributed by atoms with Crippen LogP contribution in [0.5, 0.6) is 0 Å². The zero-order chi connectivity index (χ0) is 15.7. The second kappa shape index (κ2) is 9.23. The number of aryl methyl sites for hydroxylation is 1. The molecule has 0 radical (unpaired) electrons. The van der Waals surface area contributed by atoms with E-state index in [0.717, 1.165) is 12.1 Å². The Morgan fingerprint density at radius 1 is 1.38 bits per heavy atom. The van der Waals surface area contributed by atoms with Crippen molar-refractivity contribution in [3.8, 4) is 0 Å². The molecule has 0 unspecified atom stereocenters. The van der Waals surface area contributed by atoms with Crippen molar-refractivity contribution >= 4 is 11.7 Å². The highest BCUT2D eigenvalue weighted by atomic mass is 19.3. The van der Waals surface area contributed by atoms with Gasteiger partial charge in [-0.3, -0.25) is 4.79 Å². The molecule has 0 aromatic carbocycles. The third-order valence-electron chi connectivity index (χ3n) is 2.64. The van der Waals surface area contributed by atoms with Crippen molar-refractivity contribution in [1.82, 2.24) is 10.3 Å². The second-order valence-electron chi connectivity index (χ2n) is 4.34. The summed E-state index contributed by atoms with van der Waals surface area (Å²) in [6.45, 7) is 4.24. The monoisotopic (exact) mass is 301 g/mol. The zero-order valence-electron chi connectivity index (χ0n) is 12.3. The topological polar surface area (TPSA) is 63.2 Å². The van der Waals surface area contributed by atoms with Crippen molar-refractivity contribution < 1.29 is 18.3 Å². The van der Waals surface area contributed by atoms with Crippen LogP contribution in [0, 0.1) is 0 Å². The second-order valence-corrected chi connectivity index (χ2v) is 4.34. The third-order valence-corrected chi connectivity index (χ3v) is 2.64. The van der Waals surface area contributed by atoms with E-state index >= 15 is 0 Å². The number of amides is 1. The Hall–Kier alpha value is -1.76. The maximum Gasteiger partial charge on any atom is 0.261 e. The Morgan fingerprint density at radius 3 is 2.76 bits per heavy atom. The number of anilines is 1. The molecule has 0 saturated carbocycles. The molecular formula is C14H21F2N3O2. The lowest BCUT2D eigenvalue weighted by Gasteiger charge is -2.10. The Balaban J connectivity index is 2.54. The number of halogens is 2. The summed E-state index contributed by atoms with van der Waals surface area (Å²) in [6.07, 6.45) is -1.77. The predicted molar refractivity (Wildman–Crippen MR) is 76.9 cm³/mol. The molecule has 118 valence electrons. The lowest BCUT2D eigenvalue weighted by molar-refractivity contribution is 0.0188. The fourth-order valence-corrected chi connectivity index (χ4v) is 1.68. The van der Waals surface area contributed by atoms with Crippen LogP contribution < -0.4 is 10.6 Å². The number of carbonyl (C=O) groups excluding carboxylic acids is 1. The van der Waals surface area contributed by atoms with Crippen molar-refractivity contribution in [2.45, 2.75) is 26.7 Å². The van der Waals surface area contributed by atoms with Crippen LogP contribution in [0.15, 0.2) is 12.1 Å². The molecular weight excluding hydrogens is 280 g/mol. The van der Waals surface area contributed by atoms with Gasteiger partial charge in [-0.05, 0) is 25.5 Å². The van der Waals surface area contributed by atoms with E-state index in [2.05, 4.69) is 15.6 Å². The quantitative estimate of drug-likeness (QED) is 0.686. The highest BCUT2D eigenvalue weighted by molar-refractivity contribution is 5.95. The maximum atomic E-state index is 12.0. The first-order valence-electron chi connectivity index (χ1n) is 6.95. The molecule has 1 aromatic rings. The number of hydrogen-bond donors (Lipinski definition) is 2. The Morgan fingerprint density at radius 2 is 2.14 bits per heavy atom. The molecule has 1 rings (SSSR count). The summed E-state index contributed by atoms with van der Waals surface area (Å²) in [5.74, 6) is 0.378. The Labute approximate surface area is 123 Å². The van der Waals surface area contributed by atoms with Crippen LogP contribution in [0.4, 0.5) is 14.6 Å². The zero-order valence-corrected chi connectivity index (χ0v) is 12.3. The minimum atomic E-state index is -2.49. The number of ether oxygens (including phenoxy) is 1. The first kappa shape index (κ1) is 17.3. The first-order chi connectivity index (χ1) is 10.1. The molecule has 0 aliphatic heterocycles. The van der Waals surface area contributed by atoms with E-state index in [-0.39, 0.29) is 19.1 Å². The number of aromatic nitrogens is 1. The van der Waals surface area contributed by atoms with Crippen LogP contribution in [-0.2, 0) is 11.2 Å². The summed E-state index contributed by atoms with van der Waals surface area (Å²) in [7, 11) is 0. The number of pyridine rings is 1. The van der Waals surface area contributed by atoms with Gasteiger partial charge in [-0.15, -0.1) is 0 Å². The standard InChI is InChI=1S/C14H21F2N3O2/c1-3-11-7-10(8-13(19-11)17-4-2)14(20)18-5-6-21-9-12(15)16/h7-8,12H,3-6,9H2,1-2H3,(H,17,19)(H,18,20). The molecule has 0 atom stereocenters. The van der Waals surface area contributed by atoms with E-state index in [9.17, 15) is 13.6 Å². The first-order valence-corrected chi connectivity index (χ1v) is 6.95. The summed E-state index contributed by atoms with van der Waals surface area (Å²) in [5, 5.41) is 5.70. The van der Waals surface area contributed by atoms with Crippen molar-refractivity contribution in [2.24, 2.45) is 0 Å². The minimum absolute atomic E-state index is 0.0574. The molecule has 0 fully saturated rings. The van der Waals surface area contributed by atoms with Gasteiger partial charge in [0.15, 0.2) is 0 Å². The van der Waals surface area contributed by atoms with Gasteiger partial charge in [0.1, 0.15) is 12.4 Å². The van der Waals surface area contributed by atoms with Crippen LogP contribution in [0.25, 0.3) is 0 Å². The number of rotatable bonds is 9. The summed E-state index contributed by atoms with van der Waals surface area (Å²) < 4.78 is 28.4. The fourth-order valence-electron chi connectivity index (χ4n) is 1.68. The van der Waals surface area contributed by atoms with Crippen molar-refractivity contribution in [2.75, 3.05) is 31.6 Å². The number of alkyl halides is 2. The number of hydrogen-bond acceptors (Lipinski definition) is 4. The highest BCUT2D eigenvalue weighted by Crippen LogP contribution is 2.11. The van der Waals surface area contributed by atoms with E-state index in [1.807, 2.05) is 13.8 Å². The van der Waals surface area contributed by atoms with Gasteiger partial charge in [0, 0.05) is 24.3 Å². The number of carbonyl (C=O) groups is 1.